The topological polar surface area (TPSA) is 116 Å². The van der Waals surface area contributed by atoms with E-state index in [4.69, 9.17) is 14.6 Å². The Morgan fingerprint density at radius 3 is 2.61 bits per heavy atom. The molecule has 0 aromatic heterocycles. The molecule has 18 heavy (non-hydrogen) atoms. The Bertz CT molecular complexity index is 270. The molecule has 0 spiro atoms. The molecule has 1 heterocycles. The highest BCUT2D eigenvalue weighted by Gasteiger charge is 2.47. The molecule has 0 aliphatic carbocycles. The first-order valence-corrected chi connectivity index (χ1v) is 6.01. The summed E-state index contributed by atoms with van der Waals surface area (Å²) in [5.41, 5.74) is 0. The number of unbranched alkanes of at least 4 members (excludes halogenated alkanes) is 1. The molecule has 0 bridgehead atoms. The van der Waals surface area contributed by atoms with Gasteiger partial charge in [-0.3, -0.25) is 4.79 Å². The number of rotatable bonds is 6. The summed E-state index contributed by atoms with van der Waals surface area (Å²) in [5.74, 6) is -0.535. The predicted molar refractivity (Wildman–Crippen MR) is 59.4 cm³/mol. The van der Waals surface area contributed by atoms with Crippen LogP contribution in [0.15, 0.2) is 0 Å². The Balaban J connectivity index is 2.50. The van der Waals surface area contributed by atoms with Gasteiger partial charge in [0.05, 0.1) is 6.61 Å². The van der Waals surface area contributed by atoms with Crippen molar-refractivity contribution in [3.05, 3.63) is 0 Å². The van der Waals surface area contributed by atoms with Crippen LogP contribution in [0.4, 0.5) is 0 Å². The van der Waals surface area contributed by atoms with Gasteiger partial charge in [0.25, 0.3) is 0 Å². The van der Waals surface area contributed by atoms with E-state index in [1.165, 1.54) is 0 Å². The number of aliphatic hydroxyl groups excluding tert-OH is 4. The largest absolute Gasteiger partial charge is 0.433 e. The zero-order valence-electron chi connectivity index (χ0n) is 10.2. The van der Waals surface area contributed by atoms with E-state index in [0.29, 0.717) is 6.42 Å². The standard InChI is InChI=1S/C11H20O7/c1-2-3-4-7(14)17-11-9(16)8(15)10(18-11)6(13)5-12/h6,8-13,15-16H,2-5H2,1H3/t6?,8-,9-,10+,11+/m0/s1. The summed E-state index contributed by atoms with van der Waals surface area (Å²) >= 11 is 0. The molecule has 1 fully saturated rings. The highest BCUT2D eigenvalue weighted by atomic mass is 16.7. The quantitative estimate of drug-likeness (QED) is 0.432. The molecule has 1 unspecified atom stereocenters. The minimum absolute atomic E-state index is 0.201. The summed E-state index contributed by atoms with van der Waals surface area (Å²) in [6, 6.07) is 0. The van der Waals surface area contributed by atoms with Crippen molar-refractivity contribution in [3.63, 3.8) is 0 Å². The lowest BCUT2D eigenvalue weighted by Crippen LogP contribution is -2.40. The Kier molecular flexibility index (Phi) is 5.97. The van der Waals surface area contributed by atoms with Gasteiger partial charge in [0.1, 0.15) is 24.4 Å². The minimum Gasteiger partial charge on any atom is -0.433 e. The van der Waals surface area contributed by atoms with Crippen LogP contribution in [0.3, 0.4) is 0 Å². The van der Waals surface area contributed by atoms with Gasteiger partial charge in [-0.05, 0) is 6.42 Å². The number of ether oxygens (including phenoxy) is 2. The van der Waals surface area contributed by atoms with Crippen molar-refractivity contribution in [1.82, 2.24) is 0 Å². The normalized spacial score (nSPS) is 33.4. The fourth-order valence-electron chi connectivity index (χ4n) is 1.70. The maximum Gasteiger partial charge on any atom is 0.308 e. The first-order valence-electron chi connectivity index (χ1n) is 6.01. The number of aliphatic hydroxyl groups is 4. The van der Waals surface area contributed by atoms with Gasteiger partial charge in [-0.25, -0.2) is 0 Å². The molecule has 7 nitrogen and oxygen atoms in total. The number of hydrogen-bond acceptors (Lipinski definition) is 7. The van der Waals surface area contributed by atoms with E-state index < -0.39 is 43.3 Å². The summed E-state index contributed by atoms with van der Waals surface area (Å²) in [6.07, 6.45) is -4.96. The van der Waals surface area contributed by atoms with Crippen LogP contribution in [0.25, 0.3) is 0 Å². The molecule has 1 aliphatic rings. The van der Waals surface area contributed by atoms with Gasteiger partial charge in [-0.15, -0.1) is 0 Å². The zero-order chi connectivity index (χ0) is 13.7. The zero-order valence-corrected chi connectivity index (χ0v) is 10.2. The lowest BCUT2D eigenvalue weighted by atomic mass is 10.1. The maximum atomic E-state index is 11.3. The molecule has 7 heteroatoms. The lowest BCUT2D eigenvalue weighted by molar-refractivity contribution is -0.195. The van der Waals surface area contributed by atoms with Crippen LogP contribution in [-0.4, -0.2) is 63.7 Å². The second-order valence-electron chi connectivity index (χ2n) is 4.29. The fourth-order valence-corrected chi connectivity index (χ4v) is 1.70. The van der Waals surface area contributed by atoms with Crippen LogP contribution in [0, 0.1) is 0 Å². The van der Waals surface area contributed by atoms with Crippen molar-refractivity contribution in [2.75, 3.05) is 6.61 Å². The van der Waals surface area contributed by atoms with Gasteiger partial charge in [-0.2, -0.15) is 0 Å². The summed E-state index contributed by atoms with van der Waals surface area (Å²) in [7, 11) is 0. The monoisotopic (exact) mass is 264 g/mol. The molecule has 4 N–H and O–H groups in total. The van der Waals surface area contributed by atoms with Crippen LogP contribution in [0.2, 0.25) is 0 Å². The van der Waals surface area contributed by atoms with Crippen LogP contribution in [-0.2, 0) is 14.3 Å². The highest BCUT2D eigenvalue weighted by Crippen LogP contribution is 2.25. The van der Waals surface area contributed by atoms with Gasteiger partial charge < -0.3 is 29.9 Å². The second-order valence-corrected chi connectivity index (χ2v) is 4.29. The number of carbonyl (C=O) groups is 1. The molecular formula is C11H20O7. The Morgan fingerprint density at radius 2 is 2.06 bits per heavy atom. The molecule has 5 atom stereocenters. The van der Waals surface area contributed by atoms with Crippen LogP contribution in [0.5, 0.6) is 0 Å². The van der Waals surface area contributed by atoms with E-state index in [-0.39, 0.29) is 6.42 Å². The molecule has 106 valence electrons. The highest BCUT2D eigenvalue weighted by molar-refractivity contribution is 5.69. The van der Waals surface area contributed by atoms with Gasteiger partial charge in [0.15, 0.2) is 0 Å². The summed E-state index contributed by atoms with van der Waals surface area (Å²) < 4.78 is 9.89. The second kappa shape index (κ2) is 7.01. The molecule has 1 aliphatic heterocycles. The first kappa shape index (κ1) is 15.3. The van der Waals surface area contributed by atoms with E-state index in [2.05, 4.69) is 0 Å². The fraction of sp³-hybridized carbons (Fsp3) is 0.909. The summed E-state index contributed by atoms with van der Waals surface area (Å²) in [5, 5.41) is 37.3. The SMILES string of the molecule is CCCCC(=O)O[C@@H]1O[C@H](C(O)CO)[C@@H](O)[C@@H]1O. The van der Waals surface area contributed by atoms with Crippen molar-refractivity contribution in [2.45, 2.75) is 56.9 Å². The number of esters is 1. The van der Waals surface area contributed by atoms with Gasteiger partial charge in [0, 0.05) is 6.42 Å². The average molecular weight is 264 g/mol. The smallest absolute Gasteiger partial charge is 0.308 e. The number of hydrogen-bond donors (Lipinski definition) is 4. The molecule has 0 aromatic carbocycles. The van der Waals surface area contributed by atoms with Crippen LogP contribution in [0.1, 0.15) is 26.2 Å². The molecule has 0 amide bonds. The van der Waals surface area contributed by atoms with Gasteiger partial charge >= 0.3 is 5.97 Å². The minimum atomic E-state index is -1.43. The van der Waals surface area contributed by atoms with E-state index in [0.717, 1.165) is 6.42 Å². The predicted octanol–water partition coefficient (Wildman–Crippen LogP) is -1.48. The van der Waals surface area contributed by atoms with Crippen molar-refractivity contribution >= 4 is 5.97 Å². The summed E-state index contributed by atoms with van der Waals surface area (Å²) in [6.45, 7) is 1.30. The van der Waals surface area contributed by atoms with Crippen molar-refractivity contribution < 1.29 is 34.7 Å². The molecule has 1 rings (SSSR count). The maximum absolute atomic E-state index is 11.3. The van der Waals surface area contributed by atoms with Crippen LogP contribution >= 0.6 is 0 Å². The van der Waals surface area contributed by atoms with E-state index in [1.807, 2.05) is 6.92 Å². The molecule has 0 saturated carbocycles. The Labute approximate surface area is 105 Å². The summed E-state index contributed by atoms with van der Waals surface area (Å²) in [4.78, 5) is 11.3. The Hall–Kier alpha value is -0.730. The van der Waals surface area contributed by atoms with Gasteiger partial charge in [0.2, 0.25) is 6.29 Å². The van der Waals surface area contributed by atoms with Gasteiger partial charge in [-0.1, -0.05) is 13.3 Å². The molecule has 0 radical (unpaired) electrons. The molecule has 0 aromatic rings. The lowest BCUT2D eigenvalue weighted by Gasteiger charge is -2.18. The molecule has 1 saturated heterocycles. The van der Waals surface area contributed by atoms with E-state index in [1.54, 1.807) is 0 Å². The third-order valence-electron chi connectivity index (χ3n) is 2.80. The Morgan fingerprint density at radius 1 is 1.39 bits per heavy atom. The first-order chi connectivity index (χ1) is 8.51. The third-order valence-corrected chi connectivity index (χ3v) is 2.80. The van der Waals surface area contributed by atoms with Crippen LogP contribution < -0.4 is 0 Å². The van der Waals surface area contributed by atoms with Crippen molar-refractivity contribution in [3.8, 4) is 0 Å². The molecular weight excluding hydrogens is 244 g/mol. The number of carbonyl (C=O) groups excluding carboxylic acids is 1. The van der Waals surface area contributed by atoms with Crippen molar-refractivity contribution in [2.24, 2.45) is 0 Å². The van der Waals surface area contributed by atoms with E-state index >= 15 is 0 Å². The van der Waals surface area contributed by atoms with E-state index in [9.17, 15) is 20.1 Å². The third kappa shape index (κ3) is 3.63. The average Bonchev–Trinajstić information content (AvgIpc) is 2.64. The van der Waals surface area contributed by atoms with Crippen molar-refractivity contribution in [1.29, 1.82) is 0 Å².